The molecule has 1 N–H and O–H groups in total. The summed E-state index contributed by atoms with van der Waals surface area (Å²) in [6, 6.07) is 14.1. The molecule has 1 atom stereocenters. The van der Waals surface area contributed by atoms with Crippen LogP contribution in [0.2, 0.25) is 0 Å². The van der Waals surface area contributed by atoms with Gasteiger partial charge in [0, 0.05) is 25.0 Å². The predicted octanol–water partition coefficient (Wildman–Crippen LogP) is 4.53. The number of sulfonamides is 1. The van der Waals surface area contributed by atoms with Crippen LogP contribution in [0.4, 0.5) is 5.69 Å². The Morgan fingerprint density at radius 3 is 2.03 bits per heavy atom. The molecule has 0 aromatic heterocycles. The highest BCUT2D eigenvalue weighted by Gasteiger charge is 2.30. The fourth-order valence-electron chi connectivity index (χ4n) is 4.20. The van der Waals surface area contributed by atoms with E-state index in [2.05, 4.69) is 5.32 Å². The standard InChI is InChI=1S/C29H43N3O5S/c1-8-22-12-16-24(17-13-22)32(38(7,35)36)20-10-11-27(33)31(21-23-14-18-25(37-6)19-15-23)26(9-2)28(34)30-29(3,4)5/h12-19,26H,8-11,20-21H2,1-7H3,(H,30,34)/t26-/m1/s1. The first-order chi connectivity index (χ1) is 17.8. The first-order valence-corrected chi connectivity index (χ1v) is 14.9. The van der Waals surface area contributed by atoms with Crippen LogP contribution in [-0.2, 0) is 32.6 Å². The van der Waals surface area contributed by atoms with Crippen LogP contribution in [0.1, 0.15) is 65.0 Å². The highest BCUT2D eigenvalue weighted by molar-refractivity contribution is 7.92. The van der Waals surface area contributed by atoms with Crippen LogP contribution in [0.5, 0.6) is 5.75 Å². The van der Waals surface area contributed by atoms with Crippen molar-refractivity contribution in [2.75, 3.05) is 24.2 Å². The summed E-state index contributed by atoms with van der Waals surface area (Å²) in [7, 11) is -1.94. The third-order valence-electron chi connectivity index (χ3n) is 6.18. The fourth-order valence-corrected chi connectivity index (χ4v) is 5.17. The van der Waals surface area contributed by atoms with Gasteiger partial charge in [0.1, 0.15) is 11.8 Å². The second kappa shape index (κ2) is 13.6. The summed E-state index contributed by atoms with van der Waals surface area (Å²) in [5.41, 5.74) is 2.12. The van der Waals surface area contributed by atoms with Crippen molar-refractivity contribution in [1.29, 1.82) is 0 Å². The molecule has 0 radical (unpaired) electrons. The van der Waals surface area contributed by atoms with Gasteiger partial charge in [-0.05, 0) is 75.4 Å². The highest BCUT2D eigenvalue weighted by atomic mass is 32.2. The van der Waals surface area contributed by atoms with Crippen LogP contribution in [-0.4, -0.2) is 56.6 Å². The molecule has 2 amide bonds. The zero-order valence-corrected chi connectivity index (χ0v) is 24.6. The van der Waals surface area contributed by atoms with Crippen molar-refractivity contribution in [3.05, 3.63) is 59.7 Å². The monoisotopic (exact) mass is 545 g/mol. The average Bonchev–Trinajstić information content (AvgIpc) is 2.85. The number of ether oxygens (including phenoxy) is 1. The van der Waals surface area contributed by atoms with E-state index in [4.69, 9.17) is 4.74 Å². The summed E-state index contributed by atoms with van der Waals surface area (Å²) in [4.78, 5) is 28.3. The summed E-state index contributed by atoms with van der Waals surface area (Å²) in [6.45, 7) is 10.1. The number of hydrogen-bond donors (Lipinski definition) is 1. The van der Waals surface area contributed by atoms with Crippen LogP contribution in [0.15, 0.2) is 48.5 Å². The minimum atomic E-state index is -3.53. The lowest BCUT2D eigenvalue weighted by atomic mass is 10.0. The van der Waals surface area contributed by atoms with E-state index in [0.29, 0.717) is 24.3 Å². The maximum atomic E-state index is 13.5. The molecule has 0 aliphatic heterocycles. The van der Waals surface area contributed by atoms with E-state index >= 15 is 0 Å². The van der Waals surface area contributed by atoms with Gasteiger partial charge in [-0.25, -0.2) is 8.42 Å². The molecular weight excluding hydrogens is 502 g/mol. The van der Waals surface area contributed by atoms with Crippen LogP contribution in [0.25, 0.3) is 0 Å². The first kappa shape index (κ1) is 31.1. The number of nitrogens with zero attached hydrogens (tertiary/aromatic N) is 2. The summed E-state index contributed by atoms with van der Waals surface area (Å²) in [5, 5.41) is 2.99. The summed E-state index contributed by atoms with van der Waals surface area (Å²) >= 11 is 0. The van der Waals surface area contributed by atoms with Crippen LogP contribution < -0.4 is 14.4 Å². The topological polar surface area (TPSA) is 96.0 Å². The second-order valence-corrected chi connectivity index (χ2v) is 12.4. The molecule has 210 valence electrons. The van der Waals surface area contributed by atoms with E-state index in [1.54, 1.807) is 24.1 Å². The Balaban J connectivity index is 2.23. The average molecular weight is 546 g/mol. The van der Waals surface area contributed by atoms with Gasteiger partial charge < -0.3 is 15.0 Å². The van der Waals surface area contributed by atoms with Crippen molar-refractivity contribution >= 4 is 27.5 Å². The molecule has 2 aromatic carbocycles. The van der Waals surface area contributed by atoms with Crippen molar-refractivity contribution in [3.8, 4) is 5.75 Å². The highest BCUT2D eigenvalue weighted by Crippen LogP contribution is 2.21. The number of nitrogens with one attached hydrogen (secondary N) is 1. The van der Waals surface area contributed by atoms with Crippen LogP contribution in [0, 0.1) is 0 Å². The Hall–Kier alpha value is -3.07. The zero-order chi connectivity index (χ0) is 28.5. The van der Waals surface area contributed by atoms with Crippen molar-refractivity contribution in [1.82, 2.24) is 10.2 Å². The summed E-state index contributed by atoms with van der Waals surface area (Å²) in [5.74, 6) is 0.291. The minimum absolute atomic E-state index is 0.106. The van der Waals surface area contributed by atoms with Crippen molar-refractivity contribution in [2.45, 2.75) is 78.4 Å². The van der Waals surface area contributed by atoms with E-state index in [-0.39, 0.29) is 31.3 Å². The SMILES string of the molecule is CCc1ccc(N(CCCC(=O)N(Cc2ccc(OC)cc2)[C@H](CC)C(=O)NC(C)(C)C)S(C)(=O)=O)cc1. The molecule has 0 saturated carbocycles. The molecule has 0 spiro atoms. The van der Waals surface area contributed by atoms with Crippen molar-refractivity contribution in [3.63, 3.8) is 0 Å². The van der Waals surface area contributed by atoms with Crippen LogP contribution in [0.3, 0.4) is 0 Å². The second-order valence-electron chi connectivity index (χ2n) is 10.5. The maximum absolute atomic E-state index is 13.5. The Kier molecular flexibility index (Phi) is 11.2. The molecule has 2 aromatic rings. The van der Waals surface area contributed by atoms with E-state index < -0.39 is 21.6 Å². The molecule has 0 saturated heterocycles. The number of methoxy groups -OCH3 is 1. The smallest absolute Gasteiger partial charge is 0.243 e. The Labute approximate surface area is 228 Å². The summed E-state index contributed by atoms with van der Waals surface area (Å²) < 4.78 is 31.6. The van der Waals surface area contributed by atoms with Gasteiger partial charge >= 0.3 is 0 Å². The van der Waals surface area contributed by atoms with E-state index in [1.807, 2.05) is 71.0 Å². The lowest BCUT2D eigenvalue weighted by Crippen LogP contribution is -2.53. The number of anilines is 1. The number of amides is 2. The predicted molar refractivity (Wildman–Crippen MR) is 153 cm³/mol. The molecular formula is C29H43N3O5S. The molecule has 8 nitrogen and oxygen atoms in total. The summed E-state index contributed by atoms with van der Waals surface area (Å²) in [6.07, 6.45) is 2.90. The third-order valence-corrected chi connectivity index (χ3v) is 7.37. The molecule has 0 aliphatic rings. The molecule has 0 aliphatic carbocycles. The fraction of sp³-hybridized carbons (Fsp3) is 0.517. The number of benzene rings is 2. The van der Waals surface area contributed by atoms with Gasteiger partial charge in [0.05, 0.1) is 19.1 Å². The lowest BCUT2D eigenvalue weighted by molar-refractivity contribution is -0.142. The molecule has 9 heteroatoms. The number of carbonyl (C=O) groups excluding carboxylic acids is 2. The molecule has 2 rings (SSSR count). The molecule has 0 bridgehead atoms. The van der Waals surface area contributed by atoms with Gasteiger partial charge in [0.15, 0.2) is 0 Å². The molecule has 0 unspecified atom stereocenters. The van der Waals surface area contributed by atoms with Gasteiger partial charge in [-0.15, -0.1) is 0 Å². The van der Waals surface area contributed by atoms with E-state index in [9.17, 15) is 18.0 Å². The normalized spacial score (nSPS) is 12.5. The van der Waals surface area contributed by atoms with Crippen LogP contribution >= 0.6 is 0 Å². The number of aryl methyl sites for hydroxylation is 1. The van der Waals surface area contributed by atoms with Gasteiger partial charge in [0.25, 0.3) is 0 Å². The molecule has 0 fully saturated rings. The Morgan fingerprint density at radius 1 is 0.974 bits per heavy atom. The quantitative estimate of drug-likeness (QED) is 0.399. The third kappa shape index (κ3) is 9.35. The zero-order valence-electron chi connectivity index (χ0n) is 23.8. The minimum Gasteiger partial charge on any atom is -0.497 e. The Morgan fingerprint density at radius 2 is 1.55 bits per heavy atom. The lowest BCUT2D eigenvalue weighted by Gasteiger charge is -2.33. The Bertz CT molecular complexity index is 1160. The van der Waals surface area contributed by atoms with Gasteiger partial charge in [-0.1, -0.05) is 38.1 Å². The van der Waals surface area contributed by atoms with Crippen molar-refractivity contribution < 1.29 is 22.7 Å². The largest absolute Gasteiger partial charge is 0.497 e. The van der Waals surface area contributed by atoms with Gasteiger partial charge in [0.2, 0.25) is 21.8 Å². The van der Waals surface area contributed by atoms with Gasteiger partial charge in [-0.2, -0.15) is 0 Å². The van der Waals surface area contributed by atoms with E-state index in [1.165, 1.54) is 10.6 Å². The molecule has 38 heavy (non-hydrogen) atoms. The van der Waals surface area contributed by atoms with E-state index in [0.717, 1.165) is 17.5 Å². The first-order valence-electron chi connectivity index (χ1n) is 13.1. The van der Waals surface area contributed by atoms with Crippen molar-refractivity contribution in [2.24, 2.45) is 0 Å². The number of hydrogen-bond acceptors (Lipinski definition) is 5. The van der Waals surface area contributed by atoms with Gasteiger partial charge in [-0.3, -0.25) is 13.9 Å². The number of rotatable bonds is 13. The molecule has 0 heterocycles. The maximum Gasteiger partial charge on any atom is 0.243 e. The number of carbonyl (C=O) groups is 2.